The van der Waals surface area contributed by atoms with Crippen LogP contribution in [0, 0.1) is 0 Å². The molecule has 0 bridgehead atoms. The Labute approximate surface area is 97.8 Å². The van der Waals surface area contributed by atoms with Gasteiger partial charge in [-0.1, -0.05) is 44.2 Å². The predicted octanol–water partition coefficient (Wildman–Crippen LogP) is 1.77. The first-order valence-electron chi connectivity index (χ1n) is 5.57. The molecule has 1 atom stereocenters. The van der Waals surface area contributed by atoms with Crippen molar-refractivity contribution in [2.24, 2.45) is 0 Å². The molecular formula is C12H19NO2S. The zero-order valence-electron chi connectivity index (χ0n) is 9.81. The maximum absolute atomic E-state index is 11.6. The molecular weight excluding hydrogens is 222 g/mol. The van der Waals surface area contributed by atoms with E-state index in [1.54, 1.807) is 6.92 Å². The highest BCUT2D eigenvalue weighted by atomic mass is 32.2. The van der Waals surface area contributed by atoms with Gasteiger partial charge < -0.3 is 5.32 Å². The molecule has 4 heteroatoms. The minimum atomic E-state index is -2.95. The van der Waals surface area contributed by atoms with Gasteiger partial charge in [0.05, 0.1) is 5.75 Å². The van der Waals surface area contributed by atoms with Gasteiger partial charge in [-0.25, -0.2) is 8.42 Å². The molecule has 1 aromatic carbocycles. The summed E-state index contributed by atoms with van der Waals surface area (Å²) >= 11 is 0. The van der Waals surface area contributed by atoms with Crippen molar-refractivity contribution in [2.45, 2.75) is 19.9 Å². The summed E-state index contributed by atoms with van der Waals surface area (Å²) < 4.78 is 23.2. The molecule has 0 radical (unpaired) electrons. The molecule has 1 aromatic rings. The van der Waals surface area contributed by atoms with Crippen molar-refractivity contribution in [3.63, 3.8) is 0 Å². The second-order valence-electron chi connectivity index (χ2n) is 3.72. The van der Waals surface area contributed by atoms with Crippen LogP contribution in [-0.2, 0) is 9.84 Å². The van der Waals surface area contributed by atoms with E-state index in [0.717, 1.165) is 12.1 Å². The van der Waals surface area contributed by atoms with E-state index in [1.807, 2.05) is 37.3 Å². The molecule has 1 N–H and O–H groups in total. The molecule has 0 aromatic heterocycles. The number of rotatable bonds is 6. The fourth-order valence-electron chi connectivity index (χ4n) is 1.58. The van der Waals surface area contributed by atoms with E-state index < -0.39 is 9.84 Å². The number of nitrogens with one attached hydrogen (secondary N) is 1. The van der Waals surface area contributed by atoms with Crippen LogP contribution in [0.5, 0.6) is 0 Å². The monoisotopic (exact) mass is 241 g/mol. The molecule has 1 unspecified atom stereocenters. The summed E-state index contributed by atoms with van der Waals surface area (Å²) in [4.78, 5) is 0. The molecule has 0 heterocycles. The fraction of sp³-hybridized carbons (Fsp3) is 0.500. The highest BCUT2D eigenvalue weighted by molar-refractivity contribution is 7.91. The van der Waals surface area contributed by atoms with E-state index >= 15 is 0 Å². The van der Waals surface area contributed by atoms with E-state index in [4.69, 9.17) is 0 Å². The van der Waals surface area contributed by atoms with E-state index in [-0.39, 0.29) is 17.5 Å². The van der Waals surface area contributed by atoms with Crippen LogP contribution in [0.4, 0.5) is 0 Å². The normalized spacial score (nSPS) is 13.6. The molecule has 0 spiro atoms. The van der Waals surface area contributed by atoms with Crippen molar-refractivity contribution in [3.8, 4) is 0 Å². The molecule has 0 aliphatic carbocycles. The standard InChI is InChI=1S/C12H19NO2S/c1-3-13-12(10-16(14,15)4-2)11-8-6-5-7-9-11/h5-9,12-13H,3-4,10H2,1-2H3. The van der Waals surface area contributed by atoms with Crippen LogP contribution in [-0.4, -0.2) is 26.5 Å². The zero-order valence-corrected chi connectivity index (χ0v) is 10.6. The lowest BCUT2D eigenvalue weighted by Gasteiger charge is -2.17. The molecule has 16 heavy (non-hydrogen) atoms. The highest BCUT2D eigenvalue weighted by Gasteiger charge is 2.18. The Kier molecular flexibility index (Phi) is 4.96. The summed E-state index contributed by atoms with van der Waals surface area (Å²) in [6.07, 6.45) is 0. The minimum absolute atomic E-state index is 0.101. The Morgan fingerprint density at radius 2 is 1.81 bits per heavy atom. The summed E-state index contributed by atoms with van der Waals surface area (Å²) in [6.45, 7) is 4.43. The van der Waals surface area contributed by atoms with Gasteiger partial charge in [-0.2, -0.15) is 0 Å². The molecule has 0 saturated carbocycles. The van der Waals surface area contributed by atoms with Crippen molar-refractivity contribution in [1.82, 2.24) is 5.32 Å². The van der Waals surface area contributed by atoms with Gasteiger partial charge >= 0.3 is 0 Å². The van der Waals surface area contributed by atoms with Crippen molar-refractivity contribution in [2.75, 3.05) is 18.1 Å². The Morgan fingerprint density at radius 3 is 2.31 bits per heavy atom. The molecule has 0 aliphatic heterocycles. The van der Waals surface area contributed by atoms with Crippen LogP contribution >= 0.6 is 0 Å². The van der Waals surface area contributed by atoms with Gasteiger partial charge in [-0.3, -0.25) is 0 Å². The topological polar surface area (TPSA) is 46.2 Å². The molecule has 3 nitrogen and oxygen atoms in total. The number of hydrogen-bond donors (Lipinski definition) is 1. The second-order valence-corrected chi connectivity index (χ2v) is 6.12. The first kappa shape index (κ1) is 13.2. The quantitative estimate of drug-likeness (QED) is 0.825. The molecule has 0 saturated heterocycles. The average Bonchev–Trinajstić information content (AvgIpc) is 2.29. The molecule has 0 aliphatic rings. The average molecular weight is 241 g/mol. The lowest BCUT2D eigenvalue weighted by molar-refractivity contribution is 0.560. The van der Waals surface area contributed by atoms with E-state index in [0.29, 0.717) is 0 Å². The maximum Gasteiger partial charge on any atom is 0.151 e. The van der Waals surface area contributed by atoms with Gasteiger partial charge in [0.15, 0.2) is 9.84 Å². The number of benzene rings is 1. The molecule has 1 rings (SSSR count). The third kappa shape index (κ3) is 3.94. The SMILES string of the molecule is CCNC(CS(=O)(=O)CC)c1ccccc1. The Hall–Kier alpha value is -0.870. The van der Waals surface area contributed by atoms with Gasteiger partial charge in [0, 0.05) is 11.8 Å². The predicted molar refractivity (Wildman–Crippen MR) is 67.2 cm³/mol. The van der Waals surface area contributed by atoms with Gasteiger partial charge in [0.2, 0.25) is 0 Å². The summed E-state index contributed by atoms with van der Waals surface area (Å²) in [5, 5.41) is 3.21. The van der Waals surface area contributed by atoms with Crippen LogP contribution in [0.1, 0.15) is 25.5 Å². The van der Waals surface area contributed by atoms with Crippen molar-refractivity contribution in [1.29, 1.82) is 0 Å². The van der Waals surface area contributed by atoms with Crippen molar-refractivity contribution in [3.05, 3.63) is 35.9 Å². The Morgan fingerprint density at radius 1 is 1.19 bits per heavy atom. The minimum Gasteiger partial charge on any atom is -0.309 e. The van der Waals surface area contributed by atoms with E-state index in [9.17, 15) is 8.42 Å². The molecule has 90 valence electrons. The third-order valence-corrected chi connectivity index (χ3v) is 4.23. The molecule has 0 fully saturated rings. The van der Waals surface area contributed by atoms with Gasteiger partial charge in [-0.15, -0.1) is 0 Å². The summed E-state index contributed by atoms with van der Waals surface area (Å²) in [7, 11) is -2.95. The first-order valence-corrected chi connectivity index (χ1v) is 7.40. The summed E-state index contributed by atoms with van der Waals surface area (Å²) in [5.74, 6) is 0.364. The van der Waals surface area contributed by atoms with Gasteiger partial charge in [0.1, 0.15) is 0 Å². The fourth-order valence-corrected chi connectivity index (χ4v) is 2.63. The van der Waals surface area contributed by atoms with E-state index in [1.165, 1.54) is 0 Å². The van der Waals surface area contributed by atoms with Crippen LogP contribution in [0.15, 0.2) is 30.3 Å². The summed E-state index contributed by atoms with van der Waals surface area (Å²) in [6, 6.07) is 9.60. The smallest absolute Gasteiger partial charge is 0.151 e. The van der Waals surface area contributed by atoms with Gasteiger partial charge in [0.25, 0.3) is 0 Å². The van der Waals surface area contributed by atoms with Crippen molar-refractivity contribution < 1.29 is 8.42 Å². The largest absolute Gasteiger partial charge is 0.309 e. The maximum atomic E-state index is 11.6. The number of hydrogen-bond acceptors (Lipinski definition) is 3. The molecule has 0 amide bonds. The first-order chi connectivity index (χ1) is 7.59. The van der Waals surface area contributed by atoms with Crippen LogP contribution < -0.4 is 5.32 Å². The third-order valence-electron chi connectivity index (χ3n) is 2.51. The van der Waals surface area contributed by atoms with Crippen LogP contribution in [0.25, 0.3) is 0 Å². The second kappa shape index (κ2) is 6.01. The Bertz CT molecular complexity index is 400. The Balaban J connectivity index is 2.84. The van der Waals surface area contributed by atoms with Gasteiger partial charge in [-0.05, 0) is 12.1 Å². The van der Waals surface area contributed by atoms with Crippen LogP contribution in [0.3, 0.4) is 0 Å². The van der Waals surface area contributed by atoms with E-state index in [2.05, 4.69) is 5.32 Å². The zero-order chi connectivity index (χ0) is 12.0. The lowest BCUT2D eigenvalue weighted by atomic mass is 10.1. The van der Waals surface area contributed by atoms with Crippen LogP contribution in [0.2, 0.25) is 0 Å². The van der Waals surface area contributed by atoms with Crippen molar-refractivity contribution >= 4 is 9.84 Å². The number of sulfone groups is 1. The highest BCUT2D eigenvalue weighted by Crippen LogP contribution is 2.14. The lowest BCUT2D eigenvalue weighted by Crippen LogP contribution is -2.28. The summed E-state index contributed by atoms with van der Waals surface area (Å²) in [5.41, 5.74) is 1.03.